The summed E-state index contributed by atoms with van der Waals surface area (Å²) in [5, 5.41) is 3.18. The lowest BCUT2D eigenvalue weighted by atomic mass is 10.3. The number of nitrogens with one attached hydrogen (secondary N) is 1. The van der Waals surface area contributed by atoms with Gasteiger partial charge in [-0.25, -0.2) is 0 Å². The van der Waals surface area contributed by atoms with E-state index in [1.807, 2.05) is 7.05 Å². The maximum Gasteiger partial charge on any atom is 0.0673 e. The Morgan fingerprint density at radius 2 is 2.38 bits per heavy atom. The van der Waals surface area contributed by atoms with E-state index in [0.717, 1.165) is 19.7 Å². The van der Waals surface area contributed by atoms with E-state index >= 15 is 0 Å². The zero-order valence-electron chi connectivity index (χ0n) is 8.88. The van der Waals surface area contributed by atoms with Crippen LogP contribution in [-0.2, 0) is 4.74 Å². The van der Waals surface area contributed by atoms with Crippen LogP contribution in [0.25, 0.3) is 0 Å². The lowest BCUT2D eigenvalue weighted by Gasteiger charge is -2.21. The summed E-state index contributed by atoms with van der Waals surface area (Å²) in [5.74, 6) is 0. The molecule has 0 amide bonds. The number of nitrogens with zero attached hydrogens (tertiary/aromatic N) is 1. The van der Waals surface area contributed by atoms with Crippen LogP contribution in [0, 0.1) is 0 Å². The summed E-state index contributed by atoms with van der Waals surface area (Å²) < 4.78 is 5.58. The van der Waals surface area contributed by atoms with E-state index < -0.39 is 0 Å². The smallest absolute Gasteiger partial charge is 0.0673 e. The molecule has 0 radical (unpaired) electrons. The molecule has 1 rings (SSSR count). The Bertz CT molecular complexity index is 130. The summed E-state index contributed by atoms with van der Waals surface area (Å²) in [4.78, 5) is 2.51. The van der Waals surface area contributed by atoms with Gasteiger partial charge in [-0.2, -0.15) is 0 Å². The highest BCUT2D eigenvalue weighted by molar-refractivity contribution is 4.66. The molecule has 0 aliphatic carbocycles. The number of ether oxygens (including phenoxy) is 1. The van der Waals surface area contributed by atoms with Gasteiger partial charge < -0.3 is 15.0 Å². The highest BCUT2D eigenvalue weighted by atomic mass is 16.5. The Morgan fingerprint density at radius 1 is 1.54 bits per heavy atom. The van der Waals surface area contributed by atoms with Gasteiger partial charge in [-0.1, -0.05) is 0 Å². The van der Waals surface area contributed by atoms with Crippen LogP contribution in [0.15, 0.2) is 0 Å². The Morgan fingerprint density at radius 3 is 3.15 bits per heavy atom. The minimum Gasteiger partial charge on any atom is -0.377 e. The van der Waals surface area contributed by atoms with Gasteiger partial charge in [0, 0.05) is 19.7 Å². The first-order chi connectivity index (χ1) is 6.33. The summed E-state index contributed by atoms with van der Waals surface area (Å²) in [7, 11) is 2.01. The van der Waals surface area contributed by atoms with Crippen LogP contribution in [0.3, 0.4) is 0 Å². The Labute approximate surface area is 81.4 Å². The minimum absolute atomic E-state index is 0.414. The molecule has 0 aromatic carbocycles. The highest BCUT2D eigenvalue weighted by Crippen LogP contribution is 2.05. The van der Waals surface area contributed by atoms with E-state index in [0.29, 0.717) is 6.10 Å². The second-order valence-corrected chi connectivity index (χ2v) is 3.79. The Hall–Kier alpha value is -0.120. The quantitative estimate of drug-likeness (QED) is 0.654. The lowest BCUT2D eigenvalue weighted by molar-refractivity contribution is 0.0676. The zero-order chi connectivity index (χ0) is 9.52. The molecule has 1 unspecified atom stereocenters. The molecule has 0 aromatic heterocycles. The maximum atomic E-state index is 5.58. The molecule has 1 N–H and O–H groups in total. The van der Waals surface area contributed by atoms with Crippen molar-refractivity contribution in [3.8, 4) is 0 Å². The van der Waals surface area contributed by atoms with E-state index in [4.69, 9.17) is 4.74 Å². The molecule has 1 aliphatic rings. The van der Waals surface area contributed by atoms with Crippen LogP contribution in [0.1, 0.15) is 19.8 Å². The predicted octanol–water partition coefficient (Wildman–Crippen LogP) is 0.707. The molecule has 0 aromatic rings. The average molecular weight is 186 g/mol. The van der Waals surface area contributed by atoms with E-state index in [-0.39, 0.29) is 0 Å². The molecule has 1 heterocycles. The van der Waals surface area contributed by atoms with Crippen molar-refractivity contribution in [3.63, 3.8) is 0 Å². The van der Waals surface area contributed by atoms with Crippen LogP contribution in [0.5, 0.6) is 0 Å². The van der Waals surface area contributed by atoms with Gasteiger partial charge in [0.15, 0.2) is 0 Å². The van der Waals surface area contributed by atoms with E-state index in [1.165, 1.54) is 25.9 Å². The monoisotopic (exact) mass is 186 g/mol. The van der Waals surface area contributed by atoms with Gasteiger partial charge in [-0.15, -0.1) is 0 Å². The fourth-order valence-corrected chi connectivity index (χ4v) is 1.76. The predicted molar refractivity (Wildman–Crippen MR) is 55.0 cm³/mol. The molecule has 1 fully saturated rings. The molecule has 3 heteroatoms. The van der Waals surface area contributed by atoms with Gasteiger partial charge in [0.05, 0.1) is 6.10 Å². The zero-order valence-corrected chi connectivity index (χ0v) is 8.88. The Kier molecular flexibility index (Phi) is 5.35. The van der Waals surface area contributed by atoms with Crippen LogP contribution in [0.2, 0.25) is 0 Å². The van der Waals surface area contributed by atoms with Crippen LogP contribution >= 0.6 is 0 Å². The number of hydrogen-bond acceptors (Lipinski definition) is 3. The van der Waals surface area contributed by atoms with Gasteiger partial charge in [0.1, 0.15) is 0 Å². The second kappa shape index (κ2) is 6.35. The molecular weight excluding hydrogens is 164 g/mol. The van der Waals surface area contributed by atoms with Crippen LogP contribution in [0.4, 0.5) is 0 Å². The fourth-order valence-electron chi connectivity index (χ4n) is 1.76. The van der Waals surface area contributed by atoms with Crippen molar-refractivity contribution in [3.05, 3.63) is 0 Å². The summed E-state index contributed by atoms with van der Waals surface area (Å²) in [6.45, 7) is 7.72. The molecule has 0 spiro atoms. The molecule has 78 valence electrons. The SMILES string of the molecule is CNCCCN1CCCOC(C)C1. The number of hydrogen-bond donors (Lipinski definition) is 1. The van der Waals surface area contributed by atoms with Crippen LogP contribution in [-0.4, -0.2) is 50.8 Å². The van der Waals surface area contributed by atoms with Gasteiger partial charge >= 0.3 is 0 Å². The lowest BCUT2D eigenvalue weighted by Crippen LogP contribution is -2.32. The van der Waals surface area contributed by atoms with Crippen molar-refractivity contribution in [2.45, 2.75) is 25.9 Å². The van der Waals surface area contributed by atoms with Gasteiger partial charge in [0.2, 0.25) is 0 Å². The topological polar surface area (TPSA) is 24.5 Å². The largest absolute Gasteiger partial charge is 0.377 e. The standard InChI is InChI=1S/C10H22N2O/c1-10-9-12(6-3-5-11-2)7-4-8-13-10/h10-11H,3-9H2,1-2H3. The Balaban J connectivity index is 2.15. The third-order valence-electron chi connectivity index (χ3n) is 2.44. The van der Waals surface area contributed by atoms with Crippen molar-refractivity contribution in [2.75, 3.05) is 39.8 Å². The number of rotatable bonds is 4. The van der Waals surface area contributed by atoms with E-state index in [2.05, 4.69) is 17.1 Å². The van der Waals surface area contributed by atoms with Crippen molar-refractivity contribution in [1.82, 2.24) is 10.2 Å². The maximum absolute atomic E-state index is 5.58. The van der Waals surface area contributed by atoms with Gasteiger partial charge in [0.25, 0.3) is 0 Å². The van der Waals surface area contributed by atoms with Gasteiger partial charge in [-0.3, -0.25) is 0 Å². The fraction of sp³-hybridized carbons (Fsp3) is 1.00. The third kappa shape index (κ3) is 4.60. The second-order valence-electron chi connectivity index (χ2n) is 3.79. The molecule has 1 aliphatic heterocycles. The third-order valence-corrected chi connectivity index (χ3v) is 2.44. The van der Waals surface area contributed by atoms with Crippen molar-refractivity contribution < 1.29 is 4.74 Å². The van der Waals surface area contributed by atoms with Crippen molar-refractivity contribution >= 4 is 0 Å². The summed E-state index contributed by atoms with van der Waals surface area (Å²) in [6, 6.07) is 0. The molecule has 0 bridgehead atoms. The first-order valence-electron chi connectivity index (χ1n) is 5.31. The van der Waals surface area contributed by atoms with E-state index in [9.17, 15) is 0 Å². The first kappa shape index (κ1) is 11.0. The van der Waals surface area contributed by atoms with Crippen LogP contribution < -0.4 is 5.32 Å². The normalized spacial score (nSPS) is 25.8. The summed E-state index contributed by atoms with van der Waals surface area (Å²) in [5.41, 5.74) is 0. The summed E-state index contributed by atoms with van der Waals surface area (Å²) in [6.07, 6.45) is 2.84. The molecule has 13 heavy (non-hydrogen) atoms. The molecule has 3 nitrogen and oxygen atoms in total. The molecule has 0 saturated carbocycles. The summed E-state index contributed by atoms with van der Waals surface area (Å²) >= 11 is 0. The van der Waals surface area contributed by atoms with Crippen molar-refractivity contribution in [1.29, 1.82) is 0 Å². The minimum atomic E-state index is 0.414. The molecule has 1 atom stereocenters. The first-order valence-corrected chi connectivity index (χ1v) is 5.31. The highest BCUT2D eigenvalue weighted by Gasteiger charge is 2.13. The van der Waals surface area contributed by atoms with Gasteiger partial charge in [-0.05, 0) is 39.9 Å². The molecule has 1 saturated heterocycles. The van der Waals surface area contributed by atoms with E-state index in [1.54, 1.807) is 0 Å². The van der Waals surface area contributed by atoms with Crippen molar-refractivity contribution in [2.24, 2.45) is 0 Å². The molecular formula is C10H22N2O. The average Bonchev–Trinajstić information content (AvgIpc) is 2.31.